The van der Waals surface area contributed by atoms with Gasteiger partial charge >= 0.3 is 0 Å². The van der Waals surface area contributed by atoms with Crippen LogP contribution in [0.15, 0.2) is 51.8 Å². The molecule has 4 nitrogen and oxygen atoms in total. The summed E-state index contributed by atoms with van der Waals surface area (Å²) in [6.07, 6.45) is 0. The van der Waals surface area contributed by atoms with Crippen molar-refractivity contribution >= 4 is 48.8 Å². The van der Waals surface area contributed by atoms with Crippen molar-refractivity contribution in [2.45, 2.75) is 11.8 Å². The summed E-state index contributed by atoms with van der Waals surface area (Å²) in [5.41, 5.74) is 7.54. The number of hydrogen-bond acceptors (Lipinski definition) is 3. The molecule has 0 saturated heterocycles. The second-order valence-electron chi connectivity index (χ2n) is 4.46. The highest BCUT2D eigenvalue weighted by Crippen LogP contribution is 2.23. The quantitative estimate of drug-likeness (QED) is 0.793. The minimum Gasteiger partial charge on any atom is -0.389 e. The van der Waals surface area contributed by atoms with Crippen LogP contribution in [-0.4, -0.2) is 13.4 Å². The zero-order chi connectivity index (χ0) is 15.6. The first-order valence-electron chi connectivity index (χ1n) is 5.98. The lowest BCUT2D eigenvalue weighted by atomic mass is 10.2. The largest absolute Gasteiger partial charge is 0.389 e. The summed E-state index contributed by atoms with van der Waals surface area (Å²) in [7, 11) is -3.68. The minimum absolute atomic E-state index is 0.115. The van der Waals surface area contributed by atoms with Gasteiger partial charge in [-0.2, -0.15) is 0 Å². The van der Waals surface area contributed by atoms with E-state index in [9.17, 15) is 8.42 Å². The molecule has 0 spiro atoms. The average Bonchev–Trinajstić information content (AvgIpc) is 2.43. The molecule has 0 saturated carbocycles. The van der Waals surface area contributed by atoms with Gasteiger partial charge in [0.05, 0.1) is 4.90 Å². The number of hydrogen-bond donors (Lipinski definition) is 2. The number of benzene rings is 2. The maximum Gasteiger partial charge on any atom is 0.261 e. The van der Waals surface area contributed by atoms with Crippen LogP contribution in [0.3, 0.4) is 0 Å². The molecule has 0 aliphatic rings. The molecule has 21 heavy (non-hydrogen) atoms. The molecular weight excluding hydrogens is 372 g/mol. The minimum atomic E-state index is -3.68. The SMILES string of the molecule is Cc1ccc(NS(=O)(=O)c2cccc(C(N)=S)c2)cc1Br. The van der Waals surface area contributed by atoms with Gasteiger partial charge in [0, 0.05) is 15.7 Å². The van der Waals surface area contributed by atoms with Crippen LogP contribution in [0.5, 0.6) is 0 Å². The lowest BCUT2D eigenvalue weighted by Crippen LogP contribution is -2.15. The zero-order valence-electron chi connectivity index (χ0n) is 11.1. The maximum absolute atomic E-state index is 12.4. The second kappa shape index (κ2) is 6.13. The Hall–Kier alpha value is -1.44. The van der Waals surface area contributed by atoms with Crippen molar-refractivity contribution in [3.8, 4) is 0 Å². The smallest absolute Gasteiger partial charge is 0.261 e. The predicted octanol–water partition coefficient (Wildman–Crippen LogP) is 3.19. The summed E-state index contributed by atoms with van der Waals surface area (Å²) in [4.78, 5) is 0.273. The highest BCUT2D eigenvalue weighted by Gasteiger charge is 2.15. The van der Waals surface area contributed by atoms with Crippen LogP contribution in [0.25, 0.3) is 0 Å². The van der Waals surface area contributed by atoms with Gasteiger partial charge < -0.3 is 5.73 Å². The Labute approximate surface area is 137 Å². The van der Waals surface area contributed by atoms with Gasteiger partial charge in [0.25, 0.3) is 10.0 Å². The van der Waals surface area contributed by atoms with Crippen molar-refractivity contribution in [3.63, 3.8) is 0 Å². The Bertz CT molecular complexity index is 804. The third-order valence-electron chi connectivity index (χ3n) is 2.85. The molecule has 0 aromatic heterocycles. The second-order valence-corrected chi connectivity index (χ2v) is 7.44. The Morgan fingerprint density at radius 2 is 1.95 bits per heavy atom. The number of nitrogens with two attached hydrogens (primary N) is 1. The molecule has 0 atom stereocenters. The van der Waals surface area contributed by atoms with Crippen LogP contribution in [0.4, 0.5) is 5.69 Å². The predicted molar refractivity (Wildman–Crippen MR) is 92.0 cm³/mol. The van der Waals surface area contributed by atoms with E-state index in [0.29, 0.717) is 11.3 Å². The van der Waals surface area contributed by atoms with Gasteiger partial charge in [-0.1, -0.05) is 46.3 Å². The van der Waals surface area contributed by atoms with Crippen molar-refractivity contribution in [3.05, 3.63) is 58.1 Å². The Balaban J connectivity index is 2.36. The summed E-state index contributed by atoms with van der Waals surface area (Å²) in [6.45, 7) is 1.92. The van der Waals surface area contributed by atoms with Crippen molar-refractivity contribution in [2.24, 2.45) is 5.73 Å². The lowest BCUT2D eigenvalue weighted by molar-refractivity contribution is 0.601. The highest BCUT2D eigenvalue weighted by atomic mass is 79.9. The Morgan fingerprint density at radius 1 is 1.24 bits per heavy atom. The fraction of sp³-hybridized carbons (Fsp3) is 0.0714. The zero-order valence-corrected chi connectivity index (χ0v) is 14.3. The van der Waals surface area contributed by atoms with E-state index in [1.165, 1.54) is 12.1 Å². The van der Waals surface area contributed by atoms with E-state index < -0.39 is 10.0 Å². The molecule has 110 valence electrons. The number of aryl methyl sites for hydroxylation is 1. The standard InChI is InChI=1S/C14H13BrN2O2S2/c1-9-5-6-11(8-13(9)15)17-21(18,19)12-4-2-3-10(7-12)14(16)20/h2-8,17H,1H3,(H2,16,20). The van der Waals surface area contributed by atoms with E-state index in [2.05, 4.69) is 20.7 Å². The number of thiocarbonyl (C=S) groups is 1. The van der Waals surface area contributed by atoms with Gasteiger partial charge in [0.1, 0.15) is 4.99 Å². The normalized spacial score (nSPS) is 11.1. The fourth-order valence-corrected chi connectivity index (χ4v) is 3.29. The van der Waals surface area contributed by atoms with Crippen LogP contribution in [0.2, 0.25) is 0 Å². The molecule has 0 heterocycles. The summed E-state index contributed by atoms with van der Waals surface area (Å²) in [6, 6.07) is 11.5. The number of anilines is 1. The molecule has 0 radical (unpaired) electrons. The van der Waals surface area contributed by atoms with E-state index in [-0.39, 0.29) is 9.88 Å². The van der Waals surface area contributed by atoms with Crippen LogP contribution in [0.1, 0.15) is 11.1 Å². The first-order valence-corrected chi connectivity index (χ1v) is 8.67. The number of rotatable bonds is 4. The summed E-state index contributed by atoms with van der Waals surface area (Å²) < 4.78 is 28.1. The van der Waals surface area contributed by atoms with E-state index in [1.807, 2.05) is 13.0 Å². The van der Waals surface area contributed by atoms with Crippen molar-refractivity contribution in [2.75, 3.05) is 4.72 Å². The van der Waals surface area contributed by atoms with E-state index >= 15 is 0 Å². The van der Waals surface area contributed by atoms with Gasteiger partial charge in [0.2, 0.25) is 0 Å². The molecule has 0 bridgehead atoms. The molecule has 0 aliphatic carbocycles. The van der Waals surface area contributed by atoms with Crippen molar-refractivity contribution in [1.82, 2.24) is 0 Å². The third-order valence-corrected chi connectivity index (χ3v) is 5.32. The topological polar surface area (TPSA) is 72.2 Å². The average molecular weight is 385 g/mol. The Kier molecular flexibility index (Phi) is 4.65. The third kappa shape index (κ3) is 3.81. The van der Waals surface area contributed by atoms with Crippen molar-refractivity contribution in [1.29, 1.82) is 0 Å². The number of sulfonamides is 1. The van der Waals surface area contributed by atoms with Crippen LogP contribution >= 0.6 is 28.1 Å². The first kappa shape index (κ1) is 15.9. The molecule has 3 N–H and O–H groups in total. The molecule has 2 aromatic rings. The summed E-state index contributed by atoms with van der Waals surface area (Å²) >= 11 is 8.23. The van der Waals surface area contributed by atoms with E-state index in [1.54, 1.807) is 24.3 Å². The molecule has 2 rings (SSSR count). The molecule has 2 aromatic carbocycles. The molecular formula is C14H13BrN2O2S2. The maximum atomic E-state index is 12.4. The fourth-order valence-electron chi connectivity index (χ4n) is 1.69. The number of nitrogens with one attached hydrogen (secondary N) is 1. The number of halogens is 1. The highest BCUT2D eigenvalue weighted by molar-refractivity contribution is 9.10. The van der Waals surface area contributed by atoms with Crippen molar-refractivity contribution < 1.29 is 8.42 Å². The molecule has 7 heteroatoms. The van der Waals surface area contributed by atoms with Gasteiger partial charge in [-0.05, 0) is 36.8 Å². The van der Waals surface area contributed by atoms with Gasteiger partial charge in [-0.3, -0.25) is 4.72 Å². The monoisotopic (exact) mass is 384 g/mol. The van der Waals surface area contributed by atoms with E-state index in [0.717, 1.165) is 10.0 Å². The van der Waals surface area contributed by atoms with Gasteiger partial charge in [-0.15, -0.1) is 0 Å². The summed E-state index contributed by atoms with van der Waals surface area (Å²) in [5.74, 6) is 0. The van der Waals surface area contributed by atoms with Gasteiger partial charge in [-0.25, -0.2) is 8.42 Å². The molecule has 0 aliphatic heterocycles. The molecule has 0 fully saturated rings. The van der Waals surface area contributed by atoms with Gasteiger partial charge in [0.15, 0.2) is 0 Å². The summed E-state index contributed by atoms with van der Waals surface area (Å²) in [5, 5.41) is 0. The van der Waals surface area contributed by atoms with E-state index in [4.69, 9.17) is 18.0 Å². The lowest BCUT2D eigenvalue weighted by Gasteiger charge is -2.10. The first-order chi connectivity index (χ1) is 9.79. The van der Waals surface area contributed by atoms with Crippen LogP contribution < -0.4 is 10.5 Å². The molecule has 0 amide bonds. The van der Waals surface area contributed by atoms with Crippen LogP contribution in [0, 0.1) is 6.92 Å². The molecule has 0 unspecified atom stereocenters. The van der Waals surface area contributed by atoms with Crippen LogP contribution in [-0.2, 0) is 10.0 Å². The Morgan fingerprint density at radius 3 is 2.57 bits per heavy atom.